The molecule has 21 heavy (non-hydrogen) atoms. The molecule has 2 aromatic heterocycles. The predicted molar refractivity (Wildman–Crippen MR) is 72.0 cm³/mol. The Kier molecular flexibility index (Phi) is 2.97. The molecular formula is C14H10F3N3O. The highest BCUT2D eigenvalue weighted by atomic mass is 19.4. The van der Waals surface area contributed by atoms with Crippen molar-refractivity contribution in [3.8, 4) is 11.5 Å². The van der Waals surface area contributed by atoms with E-state index in [1.54, 1.807) is 12.3 Å². The maximum atomic E-state index is 13.0. The predicted octanol–water partition coefficient (Wildman–Crippen LogP) is 3.96. The number of nitrogens with zero attached hydrogens (tertiary/aromatic N) is 1. The third-order valence-electron chi connectivity index (χ3n) is 2.95. The minimum absolute atomic E-state index is 0.0243. The lowest BCUT2D eigenvalue weighted by Crippen LogP contribution is -2.08. The molecule has 0 atom stereocenters. The van der Waals surface area contributed by atoms with Gasteiger partial charge in [-0.05, 0) is 30.3 Å². The quantitative estimate of drug-likeness (QED) is 0.703. The SMILES string of the molecule is Nc1ccc(Oc2ccnc3[nH]ccc23)c(C(F)(F)F)c1. The van der Waals surface area contributed by atoms with E-state index in [1.807, 2.05) is 0 Å². The van der Waals surface area contributed by atoms with Crippen LogP contribution in [0.1, 0.15) is 5.56 Å². The Morgan fingerprint density at radius 3 is 2.67 bits per heavy atom. The summed E-state index contributed by atoms with van der Waals surface area (Å²) in [5, 5.41) is 0.599. The molecule has 1 aromatic carbocycles. The number of H-pyrrole nitrogens is 1. The first-order valence-corrected chi connectivity index (χ1v) is 6.02. The van der Waals surface area contributed by atoms with E-state index in [-0.39, 0.29) is 17.2 Å². The Morgan fingerprint density at radius 1 is 1.10 bits per heavy atom. The second kappa shape index (κ2) is 4.69. The summed E-state index contributed by atoms with van der Waals surface area (Å²) >= 11 is 0. The largest absolute Gasteiger partial charge is 0.456 e. The zero-order valence-corrected chi connectivity index (χ0v) is 10.6. The number of hydrogen-bond donors (Lipinski definition) is 2. The first kappa shape index (κ1) is 13.3. The van der Waals surface area contributed by atoms with Crippen LogP contribution in [-0.2, 0) is 6.18 Å². The van der Waals surface area contributed by atoms with Crippen molar-refractivity contribution in [3.63, 3.8) is 0 Å². The average molecular weight is 293 g/mol. The third kappa shape index (κ3) is 2.49. The van der Waals surface area contributed by atoms with Crippen LogP contribution in [0.25, 0.3) is 11.0 Å². The van der Waals surface area contributed by atoms with Crippen molar-refractivity contribution in [1.82, 2.24) is 9.97 Å². The molecule has 7 heteroatoms. The van der Waals surface area contributed by atoms with Crippen LogP contribution < -0.4 is 10.5 Å². The molecule has 0 unspecified atom stereocenters. The van der Waals surface area contributed by atoms with Gasteiger partial charge < -0.3 is 15.5 Å². The van der Waals surface area contributed by atoms with Gasteiger partial charge in [-0.2, -0.15) is 13.2 Å². The van der Waals surface area contributed by atoms with Gasteiger partial charge in [0.25, 0.3) is 0 Å². The number of anilines is 1. The molecule has 3 rings (SSSR count). The molecular weight excluding hydrogens is 283 g/mol. The topological polar surface area (TPSA) is 63.9 Å². The van der Waals surface area contributed by atoms with Crippen LogP contribution in [0.15, 0.2) is 42.7 Å². The van der Waals surface area contributed by atoms with Crippen molar-refractivity contribution in [2.45, 2.75) is 6.18 Å². The number of nitrogen functional groups attached to an aromatic ring is 1. The summed E-state index contributed by atoms with van der Waals surface area (Å²) in [6.45, 7) is 0. The minimum Gasteiger partial charge on any atom is -0.456 e. The monoisotopic (exact) mass is 293 g/mol. The number of alkyl halides is 3. The second-order valence-corrected chi connectivity index (χ2v) is 4.40. The molecule has 0 saturated carbocycles. The van der Waals surface area contributed by atoms with E-state index in [0.29, 0.717) is 11.0 Å². The van der Waals surface area contributed by atoms with Crippen LogP contribution in [0.4, 0.5) is 18.9 Å². The van der Waals surface area contributed by atoms with Crippen LogP contribution in [0.2, 0.25) is 0 Å². The van der Waals surface area contributed by atoms with Crippen molar-refractivity contribution in [1.29, 1.82) is 0 Å². The van der Waals surface area contributed by atoms with E-state index in [0.717, 1.165) is 6.07 Å². The minimum atomic E-state index is -4.55. The van der Waals surface area contributed by atoms with Crippen LogP contribution in [0.5, 0.6) is 11.5 Å². The Morgan fingerprint density at radius 2 is 1.90 bits per heavy atom. The van der Waals surface area contributed by atoms with Crippen LogP contribution >= 0.6 is 0 Å². The number of benzene rings is 1. The standard InChI is InChI=1S/C14H10F3N3O/c15-14(16,17)10-7-8(18)1-2-12(10)21-11-4-6-20-13-9(11)3-5-19-13/h1-7H,18H2,(H,19,20). The van der Waals surface area contributed by atoms with Gasteiger partial charge in [-0.25, -0.2) is 4.98 Å². The van der Waals surface area contributed by atoms with Gasteiger partial charge in [0, 0.05) is 18.1 Å². The number of aromatic amines is 1. The number of fused-ring (bicyclic) bond motifs is 1. The number of nitrogens with one attached hydrogen (secondary N) is 1. The van der Waals surface area contributed by atoms with E-state index in [4.69, 9.17) is 10.5 Å². The first-order chi connectivity index (χ1) is 9.95. The van der Waals surface area contributed by atoms with Gasteiger partial charge in [-0.3, -0.25) is 0 Å². The highest BCUT2D eigenvalue weighted by Gasteiger charge is 2.35. The highest BCUT2D eigenvalue weighted by Crippen LogP contribution is 2.40. The third-order valence-corrected chi connectivity index (χ3v) is 2.95. The number of nitrogens with two attached hydrogens (primary N) is 1. The van der Waals surface area contributed by atoms with Crippen molar-refractivity contribution in [3.05, 3.63) is 48.3 Å². The van der Waals surface area contributed by atoms with Crippen molar-refractivity contribution < 1.29 is 17.9 Å². The molecule has 0 amide bonds. The summed E-state index contributed by atoms with van der Waals surface area (Å²) in [6.07, 6.45) is -1.45. The molecule has 3 N–H and O–H groups in total. The summed E-state index contributed by atoms with van der Waals surface area (Å²) in [4.78, 5) is 6.92. The molecule has 108 valence electrons. The lowest BCUT2D eigenvalue weighted by Gasteiger charge is -2.14. The maximum Gasteiger partial charge on any atom is 0.420 e. The molecule has 0 radical (unpaired) electrons. The van der Waals surface area contributed by atoms with E-state index in [2.05, 4.69) is 9.97 Å². The normalized spacial score (nSPS) is 11.8. The Hall–Kier alpha value is -2.70. The van der Waals surface area contributed by atoms with Gasteiger partial charge >= 0.3 is 6.18 Å². The number of halogens is 3. The van der Waals surface area contributed by atoms with Crippen LogP contribution in [0, 0.1) is 0 Å². The fourth-order valence-electron chi connectivity index (χ4n) is 2.00. The van der Waals surface area contributed by atoms with Crippen LogP contribution in [-0.4, -0.2) is 9.97 Å². The smallest absolute Gasteiger partial charge is 0.420 e. The summed E-state index contributed by atoms with van der Waals surface area (Å²) in [5.74, 6) is -0.0121. The zero-order chi connectivity index (χ0) is 15.0. The molecule has 0 bridgehead atoms. The zero-order valence-electron chi connectivity index (χ0n) is 10.6. The number of rotatable bonds is 2. The van der Waals surface area contributed by atoms with Gasteiger partial charge in [0.2, 0.25) is 0 Å². The van der Waals surface area contributed by atoms with Crippen LogP contribution in [0.3, 0.4) is 0 Å². The number of aromatic nitrogens is 2. The Labute approximate surface area is 117 Å². The van der Waals surface area contributed by atoms with E-state index in [9.17, 15) is 13.2 Å². The summed E-state index contributed by atoms with van der Waals surface area (Å²) < 4.78 is 44.5. The summed E-state index contributed by atoms with van der Waals surface area (Å²) in [7, 11) is 0. The molecule has 0 fully saturated rings. The Bertz CT molecular complexity index is 796. The van der Waals surface area contributed by atoms with E-state index in [1.165, 1.54) is 24.4 Å². The fourth-order valence-corrected chi connectivity index (χ4v) is 2.00. The molecule has 0 aliphatic heterocycles. The van der Waals surface area contributed by atoms with Crippen molar-refractivity contribution in [2.24, 2.45) is 0 Å². The Balaban J connectivity index is 2.08. The second-order valence-electron chi connectivity index (χ2n) is 4.40. The van der Waals surface area contributed by atoms with Gasteiger partial charge in [0.1, 0.15) is 22.7 Å². The van der Waals surface area contributed by atoms with E-state index >= 15 is 0 Å². The van der Waals surface area contributed by atoms with Gasteiger partial charge in [-0.1, -0.05) is 0 Å². The maximum absolute atomic E-state index is 13.0. The van der Waals surface area contributed by atoms with Gasteiger partial charge in [0.15, 0.2) is 0 Å². The molecule has 0 saturated heterocycles. The van der Waals surface area contributed by atoms with Crippen molar-refractivity contribution >= 4 is 16.7 Å². The van der Waals surface area contributed by atoms with Gasteiger partial charge in [-0.15, -0.1) is 0 Å². The fraction of sp³-hybridized carbons (Fsp3) is 0.0714. The lowest BCUT2D eigenvalue weighted by atomic mass is 10.1. The summed E-state index contributed by atoms with van der Waals surface area (Å²) in [6, 6.07) is 6.61. The molecule has 0 spiro atoms. The van der Waals surface area contributed by atoms with Gasteiger partial charge in [0.05, 0.1) is 5.39 Å². The molecule has 2 heterocycles. The highest BCUT2D eigenvalue weighted by molar-refractivity contribution is 5.82. The molecule has 4 nitrogen and oxygen atoms in total. The summed E-state index contributed by atoms with van der Waals surface area (Å²) in [5.41, 5.74) is 5.07. The average Bonchev–Trinajstić information content (AvgIpc) is 2.89. The van der Waals surface area contributed by atoms with E-state index < -0.39 is 11.7 Å². The lowest BCUT2D eigenvalue weighted by molar-refractivity contribution is -0.138. The molecule has 3 aromatic rings. The molecule has 0 aliphatic carbocycles. The number of pyridine rings is 1. The molecule has 0 aliphatic rings. The first-order valence-electron chi connectivity index (χ1n) is 6.02. The number of hydrogen-bond acceptors (Lipinski definition) is 3. The number of ether oxygens (including phenoxy) is 1. The van der Waals surface area contributed by atoms with Crippen molar-refractivity contribution in [2.75, 3.05) is 5.73 Å².